The fourth-order valence-electron chi connectivity index (χ4n) is 4.28. The fourth-order valence-corrected chi connectivity index (χ4v) is 4.28. The first kappa shape index (κ1) is 20.8. The number of nitrogens with zero attached hydrogens (tertiary/aromatic N) is 2. The van der Waals surface area contributed by atoms with Crippen LogP contribution in [0.4, 0.5) is 5.69 Å². The van der Waals surface area contributed by atoms with Gasteiger partial charge in [0.15, 0.2) is 11.5 Å². The van der Waals surface area contributed by atoms with Crippen molar-refractivity contribution in [1.29, 1.82) is 0 Å². The minimum atomic E-state index is -0.306. The van der Waals surface area contributed by atoms with Crippen LogP contribution in [0.5, 0.6) is 11.5 Å². The highest BCUT2D eigenvalue weighted by atomic mass is 16.6. The van der Waals surface area contributed by atoms with E-state index in [0.29, 0.717) is 19.0 Å². The lowest BCUT2D eigenvalue weighted by atomic mass is 9.99. The lowest BCUT2D eigenvalue weighted by Crippen LogP contribution is -2.38. The van der Waals surface area contributed by atoms with Gasteiger partial charge in [0.25, 0.3) is 0 Å². The standard InChI is InChI=1S/C25H29N3O4/c1-18(19-2-5-23-24(17-19)32-15-14-31-23)25(29)26-21-3-4-22-20(16-21)6-7-28(22)9-8-27-10-12-30-13-11-27/h2-7,16-18H,8-15H2,1H3,(H,26,29). The third-order valence-corrected chi connectivity index (χ3v) is 6.26. The lowest BCUT2D eigenvalue weighted by Gasteiger charge is -2.26. The van der Waals surface area contributed by atoms with Crippen molar-refractivity contribution in [3.8, 4) is 11.5 Å². The van der Waals surface area contributed by atoms with Gasteiger partial charge in [0.2, 0.25) is 5.91 Å². The maximum atomic E-state index is 12.9. The van der Waals surface area contributed by atoms with Crippen LogP contribution in [0.15, 0.2) is 48.7 Å². The van der Waals surface area contributed by atoms with E-state index in [4.69, 9.17) is 14.2 Å². The Balaban J connectivity index is 1.24. The molecule has 3 heterocycles. The van der Waals surface area contributed by atoms with Crippen molar-refractivity contribution < 1.29 is 19.0 Å². The normalized spacial score (nSPS) is 17.3. The number of aromatic nitrogens is 1. The molecule has 1 saturated heterocycles. The van der Waals surface area contributed by atoms with Crippen LogP contribution in [0.3, 0.4) is 0 Å². The molecule has 0 spiro atoms. The van der Waals surface area contributed by atoms with Gasteiger partial charge < -0.3 is 24.1 Å². The zero-order valence-corrected chi connectivity index (χ0v) is 18.4. The summed E-state index contributed by atoms with van der Waals surface area (Å²) in [6, 6.07) is 13.9. The van der Waals surface area contributed by atoms with E-state index in [2.05, 4.69) is 33.1 Å². The summed E-state index contributed by atoms with van der Waals surface area (Å²) in [6.45, 7) is 8.58. The average Bonchev–Trinajstić information content (AvgIpc) is 3.24. The molecule has 32 heavy (non-hydrogen) atoms. The lowest BCUT2D eigenvalue weighted by molar-refractivity contribution is -0.117. The maximum Gasteiger partial charge on any atom is 0.231 e. The summed E-state index contributed by atoms with van der Waals surface area (Å²) >= 11 is 0. The van der Waals surface area contributed by atoms with Gasteiger partial charge in [-0.1, -0.05) is 6.07 Å². The van der Waals surface area contributed by atoms with Gasteiger partial charge in [-0.15, -0.1) is 0 Å². The second kappa shape index (κ2) is 9.22. The van der Waals surface area contributed by atoms with Gasteiger partial charge in [0, 0.05) is 49.0 Å². The number of ether oxygens (including phenoxy) is 3. The van der Waals surface area contributed by atoms with Gasteiger partial charge in [-0.2, -0.15) is 0 Å². The molecule has 0 saturated carbocycles. The zero-order chi connectivity index (χ0) is 21.9. The van der Waals surface area contributed by atoms with E-state index in [1.54, 1.807) is 0 Å². The number of hydrogen-bond donors (Lipinski definition) is 1. The molecule has 2 aliphatic rings. The van der Waals surface area contributed by atoms with Gasteiger partial charge in [-0.3, -0.25) is 9.69 Å². The summed E-state index contributed by atoms with van der Waals surface area (Å²) in [7, 11) is 0. The van der Waals surface area contributed by atoms with Gasteiger partial charge in [0.1, 0.15) is 13.2 Å². The van der Waals surface area contributed by atoms with Crippen molar-refractivity contribution in [2.24, 2.45) is 0 Å². The highest BCUT2D eigenvalue weighted by molar-refractivity contribution is 5.97. The molecule has 1 unspecified atom stereocenters. The molecule has 0 bridgehead atoms. The molecule has 3 aromatic rings. The molecule has 168 valence electrons. The molecule has 1 amide bonds. The topological polar surface area (TPSA) is 65.0 Å². The Morgan fingerprint density at radius 1 is 0.969 bits per heavy atom. The summed E-state index contributed by atoms with van der Waals surface area (Å²) in [6.07, 6.45) is 2.12. The molecule has 1 aromatic heterocycles. The predicted molar refractivity (Wildman–Crippen MR) is 124 cm³/mol. The molecule has 7 heteroatoms. The van der Waals surface area contributed by atoms with E-state index < -0.39 is 0 Å². The molecule has 2 aliphatic heterocycles. The molecule has 0 aliphatic carbocycles. The van der Waals surface area contributed by atoms with Crippen molar-refractivity contribution in [3.05, 3.63) is 54.2 Å². The number of benzene rings is 2. The first-order chi connectivity index (χ1) is 15.7. The number of fused-ring (bicyclic) bond motifs is 2. The highest BCUT2D eigenvalue weighted by Crippen LogP contribution is 2.33. The SMILES string of the molecule is CC(C(=O)Nc1ccc2c(ccn2CCN2CCOCC2)c1)c1ccc2c(c1)OCCO2. The minimum absolute atomic E-state index is 0.0484. The van der Waals surface area contributed by atoms with Gasteiger partial charge in [-0.25, -0.2) is 0 Å². The number of amides is 1. The smallest absolute Gasteiger partial charge is 0.231 e. The number of morpholine rings is 1. The Labute approximate surface area is 187 Å². The molecule has 7 nitrogen and oxygen atoms in total. The predicted octanol–water partition coefficient (Wildman–Crippen LogP) is 3.49. The van der Waals surface area contributed by atoms with Crippen molar-refractivity contribution in [2.45, 2.75) is 19.4 Å². The number of anilines is 1. The molecular weight excluding hydrogens is 406 g/mol. The zero-order valence-electron chi connectivity index (χ0n) is 18.4. The van der Waals surface area contributed by atoms with Gasteiger partial charge >= 0.3 is 0 Å². The van der Waals surface area contributed by atoms with Crippen molar-refractivity contribution in [1.82, 2.24) is 9.47 Å². The number of carbonyl (C=O) groups is 1. The van der Waals surface area contributed by atoms with E-state index in [9.17, 15) is 4.79 Å². The molecule has 5 rings (SSSR count). The molecule has 0 radical (unpaired) electrons. The van der Waals surface area contributed by atoms with Crippen LogP contribution in [0, 0.1) is 0 Å². The summed E-state index contributed by atoms with van der Waals surface area (Å²) in [5, 5.41) is 4.18. The van der Waals surface area contributed by atoms with Crippen molar-refractivity contribution >= 4 is 22.5 Å². The maximum absolute atomic E-state index is 12.9. The van der Waals surface area contributed by atoms with Crippen LogP contribution in [0.2, 0.25) is 0 Å². The Hall–Kier alpha value is -3.03. The molecular formula is C25H29N3O4. The summed E-state index contributed by atoms with van der Waals surface area (Å²) in [5.41, 5.74) is 2.89. The molecule has 2 aromatic carbocycles. The van der Waals surface area contributed by atoms with Crippen LogP contribution in [0.1, 0.15) is 18.4 Å². The first-order valence-corrected chi connectivity index (χ1v) is 11.3. The summed E-state index contributed by atoms with van der Waals surface area (Å²) < 4.78 is 18.9. The van der Waals surface area contributed by atoms with Crippen molar-refractivity contribution in [3.63, 3.8) is 0 Å². The van der Waals surface area contributed by atoms with Gasteiger partial charge in [-0.05, 0) is 48.9 Å². The molecule has 1 N–H and O–H groups in total. The van der Waals surface area contributed by atoms with E-state index in [1.165, 1.54) is 5.52 Å². The quantitative estimate of drug-likeness (QED) is 0.642. The number of rotatable bonds is 6. The van der Waals surface area contributed by atoms with E-state index >= 15 is 0 Å². The molecule has 1 atom stereocenters. The van der Waals surface area contributed by atoms with E-state index in [1.807, 2.05) is 37.3 Å². The van der Waals surface area contributed by atoms with Crippen LogP contribution in [-0.4, -0.2) is 61.4 Å². The number of carbonyl (C=O) groups excluding carboxylic acids is 1. The Kier molecular flexibility index (Phi) is 6.01. The number of hydrogen-bond acceptors (Lipinski definition) is 5. The average molecular weight is 436 g/mol. The molecule has 1 fully saturated rings. The Morgan fingerprint density at radius 3 is 2.62 bits per heavy atom. The van der Waals surface area contributed by atoms with Gasteiger partial charge in [0.05, 0.1) is 19.1 Å². The van der Waals surface area contributed by atoms with Crippen LogP contribution < -0.4 is 14.8 Å². The van der Waals surface area contributed by atoms with Crippen LogP contribution in [-0.2, 0) is 16.1 Å². The second-order valence-corrected chi connectivity index (χ2v) is 8.35. The van der Waals surface area contributed by atoms with E-state index in [-0.39, 0.29) is 11.8 Å². The van der Waals surface area contributed by atoms with E-state index in [0.717, 1.165) is 61.8 Å². The third-order valence-electron chi connectivity index (χ3n) is 6.26. The minimum Gasteiger partial charge on any atom is -0.486 e. The second-order valence-electron chi connectivity index (χ2n) is 8.35. The Bertz CT molecular complexity index is 1100. The number of nitrogens with one attached hydrogen (secondary N) is 1. The largest absolute Gasteiger partial charge is 0.486 e. The fraction of sp³-hybridized carbons (Fsp3) is 0.400. The summed E-state index contributed by atoms with van der Waals surface area (Å²) in [5.74, 6) is 1.08. The van der Waals surface area contributed by atoms with Crippen LogP contribution >= 0.6 is 0 Å². The van der Waals surface area contributed by atoms with Crippen molar-refractivity contribution in [2.75, 3.05) is 51.4 Å². The first-order valence-electron chi connectivity index (χ1n) is 11.3. The third kappa shape index (κ3) is 4.45. The van der Waals surface area contributed by atoms with Crippen LogP contribution in [0.25, 0.3) is 10.9 Å². The monoisotopic (exact) mass is 435 g/mol. The highest BCUT2D eigenvalue weighted by Gasteiger charge is 2.19. The Morgan fingerprint density at radius 2 is 1.78 bits per heavy atom. The summed E-state index contributed by atoms with van der Waals surface area (Å²) in [4.78, 5) is 15.3.